The third-order valence-corrected chi connectivity index (χ3v) is 9.41. The van der Waals surface area contributed by atoms with E-state index >= 15 is 0 Å². The average Bonchev–Trinajstić information content (AvgIpc) is 3.99. The van der Waals surface area contributed by atoms with Crippen molar-refractivity contribution in [1.29, 1.82) is 0 Å². The highest BCUT2D eigenvalue weighted by Gasteiger charge is 2.35. The Kier molecular flexibility index (Phi) is 9.66. The number of hydrogen-bond acceptors (Lipinski definition) is 8. The quantitative estimate of drug-likeness (QED) is 0.217. The molecule has 2 aromatic heterocycles. The summed E-state index contributed by atoms with van der Waals surface area (Å²) in [5.41, 5.74) is 3.30. The van der Waals surface area contributed by atoms with E-state index in [-0.39, 0.29) is 23.7 Å². The number of rotatable bonds is 13. The number of amides is 1. The second kappa shape index (κ2) is 13.9. The van der Waals surface area contributed by atoms with Gasteiger partial charge in [-0.2, -0.15) is 0 Å². The molecule has 1 atom stereocenters. The predicted molar refractivity (Wildman–Crippen MR) is 181 cm³/mol. The van der Waals surface area contributed by atoms with Gasteiger partial charge in [0.1, 0.15) is 5.75 Å². The van der Waals surface area contributed by atoms with Crippen molar-refractivity contribution < 1.29 is 24.2 Å². The van der Waals surface area contributed by atoms with E-state index < -0.39 is 5.97 Å². The van der Waals surface area contributed by atoms with Crippen molar-refractivity contribution in [3.63, 3.8) is 0 Å². The number of aromatic nitrogens is 3. The molecule has 3 heterocycles. The third-order valence-electron chi connectivity index (χ3n) is 9.41. The van der Waals surface area contributed by atoms with Crippen LogP contribution in [-0.4, -0.2) is 65.3 Å². The van der Waals surface area contributed by atoms with Crippen LogP contribution in [0.3, 0.4) is 0 Å². The molecule has 1 unspecified atom stereocenters. The highest BCUT2D eigenvalue weighted by molar-refractivity contribution is 6.09. The second-order valence-corrected chi connectivity index (χ2v) is 14.6. The molecule has 47 heavy (non-hydrogen) atoms. The standard InChI is InChI=1S/C37H47N5O5/c1-37(2,3)23-42(36-39-16-12-31(40-36)26-7-8-26)35(45)29-10-9-28(46-4)20-32(29)41-17-13-24(14-18-41)22-47-33-19-27(11-15-38-33)30(21-34(43)44)25-5-6-25/h9-12,15-16,19-20,24-26,30H,5-8,13-14,17-18,21-23H2,1-4H3,(H,43,44). The van der Waals surface area contributed by atoms with E-state index in [0.717, 1.165) is 68.6 Å². The first-order valence-electron chi connectivity index (χ1n) is 17.0. The lowest BCUT2D eigenvalue weighted by Crippen LogP contribution is -2.41. The predicted octanol–water partition coefficient (Wildman–Crippen LogP) is 6.71. The molecule has 10 nitrogen and oxygen atoms in total. The van der Waals surface area contributed by atoms with Crippen LogP contribution < -0.4 is 19.3 Å². The topological polar surface area (TPSA) is 118 Å². The summed E-state index contributed by atoms with van der Waals surface area (Å²) in [7, 11) is 1.64. The van der Waals surface area contributed by atoms with E-state index in [4.69, 9.17) is 14.5 Å². The summed E-state index contributed by atoms with van der Waals surface area (Å²) in [6.45, 7) is 8.91. The zero-order chi connectivity index (χ0) is 33.1. The number of anilines is 2. The Hall–Kier alpha value is -4.21. The van der Waals surface area contributed by atoms with Crippen LogP contribution in [0.15, 0.2) is 48.8 Å². The maximum atomic E-state index is 14.4. The normalized spacial score (nSPS) is 17.7. The van der Waals surface area contributed by atoms with Gasteiger partial charge in [0.05, 0.1) is 31.4 Å². The number of benzene rings is 1. The van der Waals surface area contributed by atoms with Gasteiger partial charge >= 0.3 is 5.97 Å². The first-order chi connectivity index (χ1) is 22.6. The Bertz CT molecular complexity index is 1570. The van der Waals surface area contributed by atoms with Gasteiger partial charge < -0.3 is 19.5 Å². The number of methoxy groups -OCH3 is 1. The monoisotopic (exact) mass is 641 g/mol. The minimum atomic E-state index is -0.771. The molecule has 1 aliphatic heterocycles. The van der Waals surface area contributed by atoms with Crippen LogP contribution in [0, 0.1) is 17.3 Å². The van der Waals surface area contributed by atoms with Gasteiger partial charge in [-0.15, -0.1) is 0 Å². The Morgan fingerprint density at radius 1 is 1.00 bits per heavy atom. The van der Waals surface area contributed by atoms with Crippen molar-refractivity contribution >= 4 is 23.5 Å². The van der Waals surface area contributed by atoms with Gasteiger partial charge in [-0.25, -0.2) is 15.0 Å². The first kappa shape index (κ1) is 32.7. The number of carboxylic acid groups (broad SMARTS) is 1. The van der Waals surface area contributed by atoms with Gasteiger partial charge in [-0.05, 0) is 91.5 Å². The van der Waals surface area contributed by atoms with Crippen molar-refractivity contribution in [2.75, 3.05) is 43.2 Å². The molecule has 2 aliphatic carbocycles. The Morgan fingerprint density at radius 2 is 1.74 bits per heavy atom. The number of carbonyl (C=O) groups excluding carboxylic acids is 1. The number of hydrogen-bond donors (Lipinski definition) is 1. The molecule has 1 aromatic carbocycles. The molecular formula is C37H47N5O5. The first-order valence-corrected chi connectivity index (χ1v) is 17.0. The maximum Gasteiger partial charge on any atom is 0.303 e. The summed E-state index contributed by atoms with van der Waals surface area (Å²) in [5, 5.41) is 9.41. The van der Waals surface area contributed by atoms with Gasteiger partial charge in [0.15, 0.2) is 0 Å². The van der Waals surface area contributed by atoms with Crippen LogP contribution in [0.25, 0.3) is 0 Å². The second-order valence-electron chi connectivity index (χ2n) is 14.6. The van der Waals surface area contributed by atoms with Crippen LogP contribution in [0.4, 0.5) is 11.6 Å². The van der Waals surface area contributed by atoms with Gasteiger partial charge in [0.25, 0.3) is 5.91 Å². The lowest BCUT2D eigenvalue weighted by molar-refractivity contribution is -0.137. The Balaban J connectivity index is 1.15. The van der Waals surface area contributed by atoms with Crippen molar-refractivity contribution in [2.45, 2.75) is 77.6 Å². The number of nitrogens with zero attached hydrogens (tertiary/aromatic N) is 5. The smallest absolute Gasteiger partial charge is 0.303 e. The number of carboxylic acids is 1. The van der Waals surface area contributed by atoms with E-state index in [0.29, 0.717) is 54.0 Å². The maximum absolute atomic E-state index is 14.4. The summed E-state index contributed by atoms with van der Waals surface area (Å²) in [6, 6.07) is 11.5. The number of ether oxygens (including phenoxy) is 2. The molecule has 0 spiro atoms. The van der Waals surface area contributed by atoms with Crippen molar-refractivity contribution in [2.24, 2.45) is 17.3 Å². The highest BCUT2D eigenvalue weighted by atomic mass is 16.5. The molecule has 250 valence electrons. The molecule has 3 aromatic rings. The van der Waals surface area contributed by atoms with E-state index in [1.807, 2.05) is 36.4 Å². The van der Waals surface area contributed by atoms with Gasteiger partial charge in [-0.1, -0.05) is 20.8 Å². The van der Waals surface area contributed by atoms with Crippen molar-refractivity contribution in [3.05, 3.63) is 65.6 Å². The van der Waals surface area contributed by atoms with Crippen molar-refractivity contribution in [3.8, 4) is 11.6 Å². The minimum Gasteiger partial charge on any atom is -0.497 e. The number of carbonyl (C=O) groups is 2. The summed E-state index contributed by atoms with van der Waals surface area (Å²) >= 11 is 0. The Morgan fingerprint density at radius 3 is 2.40 bits per heavy atom. The molecular weight excluding hydrogens is 594 g/mol. The molecule has 10 heteroatoms. The van der Waals surface area contributed by atoms with Crippen LogP contribution in [0.2, 0.25) is 0 Å². The van der Waals surface area contributed by atoms with Crippen LogP contribution in [-0.2, 0) is 4.79 Å². The average molecular weight is 642 g/mol. The molecule has 1 amide bonds. The van der Waals surface area contributed by atoms with E-state index in [2.05, 4.69) is 35.6 Å². The lowest BCUT2D eigenvalue weighted by Gasteiger charge is -2.35. The fraction of sp³-hybridized carbons (Fsp3) is 0.541. The SMILES string of the molecule is COc1ccc(C(=O)N(CC(C)(C)C)c2nccc(C3CC3)n2)c(N2CCC(COc3cc(C(CC(=O)O)C4CC4)ccn3)CC2)c1. The van der Waals surface area contributed by atoms with E-state index in [1.165, 1.54) is 0 Å². The summed E-state index contributed by atoms with van der Waals surface area (Å²) in [6.07, 6.45) is 9.83. The minimum absolute atomic E-state index is 0.00822. The van der Waals surface area contributed by atoms with E-state index in [1.54, 1.807) is 24.4 Å². The molecule has 0 bridgehead atoms. The zero-order valence-corrected chi connectivity index (χ0v) is 28.0. The fourth-order valence-corrected chi connectivity index (χ4v) is 6.55. The number of piperidine rings is 1. The lowest BCUT2D eigenvalue weighted by atomic mass is 9.92. The third kappa shape index (κ3) is 8.39. The summed E-state index contributed by atoms with van der Waals surface area (Å²) < 4.78 is 11.8. The van der Waals surface area contributed by atoms with Crippen LogP contribution in [0.5, 0.6) is 11.6 Å². The van der Waals surface area contributed by atoms with E-state index in [9.17, 15) is 14.7 Å². The molecule has 3 fully saturated rings. The van der Waals surface area contributed by atoms with Gasteiger partial charge in [0, 0.05) is 55.8 Å². The van der Waals surface area contributed by atoms with Crippen molar-refractivity contribution in [1.82, 2.24) is 15.0 Å². The Labute approximate surface area is 277 Å². The summed E-state index contributed by atoms with van der Waals surface area (Å²) in [4.78, 5) is 43.7. The fourth-order valence-electron chi connectivity index (χ4n) is 6.55. The number of aliphatic carboxylic acids is 1. The van der Waals surface area contributed by atoms with Gasteiger partial charge in [-0.3, -0.25) is 14.5 Å². The zero-order valence-electron chi connectivity index (χ0n) is 28.0. The van der Waals surface area contributed by atoms with Crippen LogP contribution >= 0.6 is 0 Å². The largest absolute Gasteiger partial charge is 0.497 e. The van der Waals surface area contributed by atoms with Crippen LogP contribution in [0.1, 0.15) is 99.2 Å². The highest BCUT2D eigenvalue weighted by Crippen LogP contribution is 2.45. The molecule has 0 radical (unpaired) electrons. The number of pyridine rings is 1. The molecule has 6 rings (SSSR count). The molecule has 3 aliphatic rings. The van der Waals surface area contributed by atoms with Gasteiger partial charge in [0.2, 0.25) is 11.8 Å². The molecule has 1 saturated heterocycles. The summed E-state index contributed by atoms with van der Waals surface area (Å²) in [5.74, 6) is 2.05. The molecule has 1 N–H and O–H groups in total. The molecule has 2 saturated carbocycles.